The van der Waals surface area contributed by atoms with Crippen molar-refractivity contribution in [3.05, 3.63) is 59.1 Å². The lowest BCUT2D eigenvalue weighted by atomic mass is 10.2. The van der Waals surface area contributed by atoms with Gasteiger partial charge in [-0.25, -0.2) is 0 Å². The predicted molar refractivity (Wildman–Crippen MR) is 94.5 cm³/mol. The summed E-state index contributed by atoms with van der Waals surface area (Å²) >= 11 is 5.92. The summed E-state index contributed by atoms with van der Waals surface area (Å²) in [6.07, 6.45) is -0.771. The highest BCUT2D eigenvalue weighted by Crippen LogP contribution is 2.22. The molecule has 2 amide bonds. The lowest BCUT2D eigenvalue weighted by molar-refractivity contribution is -0.133. The second kappa shape index (κ2) is 8.94. The molecule has 0 bridgehead atoms. The summed E-state index contributed by atoms with van der Waals surface area (Å²) in [7, 11) is 0. The van der Waals surface area contributed by atoms with Crippen molar-refractivity contribution >= 4 is 23.4 Å². The first-order valence-electron chi connectivity index (χ1n) is 7.65. The third kappa shape index (κ3) is 6.00. The van der Waals surface area contributed by atoms with Gasteiger partial charge in [-0.3, -0.25) is 20.4 Å². The van der Waals surface area contributed by atoms with E-state index in [0.717, 1.165) is 5.56 Å². The van der Waals surface area contributed by atoms with E-state index in [0.29, 0.717) is 16.5 Å². The van der Waals surface area contributed by atoms with Crippen LogP contribution in [0.3, 0.4) is 0 Å². The molecule has 0 fully saturated rings. The van der Waals surface area contributed by atoms with Gasteiger partial charge in [0.15, 0.2) is 12.7 Å². The number of hydrogen-bond acceptors (Lipinski definition) is 4. The fraction of sp³-hybridized carbons (Fsp3) is 0.222. The number of benzene rings is 2. The number of aryl methyl sites for hydroxylation is 1. The van der Waals surface area contributed by atoms with Crippen molar-refractivity contribution < 1.29 is 19.1 Å². The van der Waals surface area contributed by atoms with Gasteiger partial charge in [-0.2, -0.15) is 0 Å². The average Bonchev–Trinajstić information content (AvgIpc) is 2.60. The second-order valence-electron chi connectivity index (χ2n) is 5.33. The van der Waals surface area contributed by atoms with Crippen LogP contribution in [0.5, 0.6) is 11.5 Å². The Bertz CT molecular complexity index is 734. The minimum absolute atomic E-state index is 0.281. The maximum atomic E-state index is 11.9. The molecule has 7 heteroatoms. The van der Waals surface area contributed by atoms with Gasteiger partial charge < -0.3 is 9.47 Å². The molecule has 0 saturated carbocycles. The van der Waals surface area contributed by atoms with Gasteiger partial charge in [0.2, 0.25) is 0 Å². The number of ether oxygens (including phenoxy) is 2. The van der Waals surface area contributed by atoms with E-state index in [1.807, 2.05) is 19.1 Å². The van der Waals surface area contributed by atoms with Gasteiger partial charge in [0, 0.05) is 0 Å². The van der Waals surface area contributed by atoms with Gasteiger partial charge in [0.05, 0.1) is 5.02 Å². The molecule has 0 aromatic heterocycles. The van der Waals surface area contributed by atoms with Crippen molar-refractivity contribution in [2.24, 2.45) is 0 Å². The summed E-state index contributed by atoms with van der Waals surface area (Å²) in [6, 6.07) is 14.1. The molecule has 2 aromatic rings. The molecular formula is C18H19ClN2O4. The monoisotopic (exact) mass is 362 g/mol. The number of amides is 2. The lowest BCUT2D eigenvalue weighted by Gasteiger charge is -2.15. The minimum atomic E-state index is -0.771. The molecule has 0 heterocycles. The molecule has 0 spiro atoms. The molecule has 2 aromatic carbocycles. The molecular weight excluding hydrogens is 344 g/mol. The van der Waals surface area contributed by atoms with Crippen LogP contribution in [0.2, 0.25) is 5.02 Å². The number of carbonyl (C=O) groups is 2. The van der Waals surface area contributed by atoms with E-state index < -0.39 is 17.9 Å². The van der Waals surface area contributed by atoms with E-state index in [1.165, 1.54) is 0 Å². The molecule has 25 heavy (non-hydrogen) atoms. The summed E-state index contributed by atoms with van der Waals surface area (Å²) in [5.74, 6) is -0.0363. The third-order valence-electron chi connectivity index (χ3n) is 3.22. The van der Waals surface area contributed by atoms with Gasteiger partial charge in [-0.05, 0) is 38.1 Å². The number of halogens is 1. The zero-order chi connectivity index (χ0) is 18.2. The van der Waals surface area contributed by atoms with Crippen molar-refractivity contribution in [3.63, 3.8) is 0 Å². The number of hydrogen-bond donors (Lipinski definition) is 2. The van der Waals surface area contributed by atoms with E-state index in [2.05, 4.69) is 10.9 Å². The Morgan fingerprint density at radius 2 is 1.76 bits per heavy atom. The minimum Gasteiger partial charge on any atom is -0.482 e. The molecule has 1 atom stereocenters. The fourth-order valence-corrected chi connectivity index (χ4v) is 2.04. The summed E-state index contributed by atoms with van der Waals surface area (Å²) in [5.41, 5.74) is 5.64. The van der Waals surface area contributed by atoms with Crippen molar-refractivity contribution in [1.82, 2.24) is 10.9 Å². The SMILES string of the molecule is Cc1ccc(OC(C)C(=O)NNC(=O)COc2ccccc2Cl)cc1. The molecule has 2 rings (SSSR count). The Labute approximate surface area is 151 Å². The Hall–Kier alpha value is -2.73. The highest BCUT2D eigenvalue weighted by Gasteiger charge is 2.15. The Morgan fingerprint density at radius 3 is 2.44 bits per heavy atom. The van der Waals surface area contributed by atoms with Crippen LogP contribution in [-0.4, -0.2) is 24.5 Å². The van der Waals surface area contributed by atoms with E-state index in [4.69, 9.17) is 21.1 Å². The zero-order valence-electron chi connectivity index (χ0n) is 13.9. The fourth-order valence-electron chi connectivity index (χ4n) is 1.85. The molecule has 0 aliphatic heterocycles. The third-order valence-corrected chi connectivity index (χ3v) is 3.54. The molecule has 0 saturated heterocycles. The lowest BCUT2D eigenvalue weighted by Crippen LogP contribution is -2.48. The normalized spacial score (nSPS) is 11.3. The van der Waals surface area contributed by atoms with Gasteiger partial charge in [0.1, 0.15) is 11.5 Å². The smallest absolute Gasteiger partial charge is 0.279 e. The summed E-state index contributed by atoms with van der Waals surface area (Å²) in [4.78, 5) is 23.7. The average molecular weight is 363 g/mol. The Morgan fingerprint density at radius 1 is 1.08 bits per heavy atom. The largest absolute Gasteiger partial charge is 0.482 e. The summed E-state index contributed by atoms with van der Waals surface area (Å²) < 4.78 is 10.8. The van der Waals surface area contributed by atoms with Crippen LogP contribution in [0.1, 0.15) is 12.5 Å². The van der Waals surface area contributed by atoms with Crippen LogP contribution in [0.15, 0.2) is 48.5 Å². The van der Waals surface area contributed by atoms with E-state index in [-0.39, 0.29) is 6.61 Å². The molecule has 0 radical (unpaired) electrons. The molecule has 132 valence electrons. The highest BCUT2D eigenvalue weighted by molar-refractivity contribution is 6.32. The standard InChI is InChI=1S/C18H19ClN2O4/c1-12-7-9-14(10-8-12)25-13(2)18(23)21-20-17(22)11-24-16-6-4-3-5-15(16)19/h3-10,13H,11H2,1-2H3,(H,20,22)(H,21,23). The van der Waals surface area contributed by atoms with Crippen molar-refractivity contribution in [2.75, 3.05) is 6.61 Å². The number of nitrogens with one attached hydrogen (secondary N) is 2. The zero-order valence-corrected chi connectivity index (χ0v) is 14.7. The van der Waals surface area contributed by atoms with Crippen molar-refractivity contribution in [2.45, 2.75) is 20.0 Å². The van der Waals surface area contributed by atoms with Crippen molar-refractivity contribution in [3.8, 4) is 11.5 Å². The maximum absolute atomic E-state index is 11.9. The van der Waals surface area contributed by atoms with Crippen LogP contribution >= 0.6 is 11.6 Å². The van der Waals surface area contributed by atoms with Crippen LogP contribution < -0.4 is 20.3 Å². The molecule has 0 aliphatic rings. The number of para-hydroxylation sites is 1. The highest BCUT2D eigenvalue weighted by atomic mass is 35.5. The molecule has 2 N–H and O–H groups in total. The van der Waals surface area contributed by atoms with Gasteiger partial charge >= 0.3 is 0 Å². The number of rotatable bonds is 6. The first kappa shape index (κ1) is 18.6. The van der Waals surface area contributed by atoms with Gasteiger partial charge in [-0.1, -0.05) is 41.4 Å². The van der Waals surface area contributed by atoms with Crippen LogP contribution in [0.4, 0.5) is 0 Å². The van der Waals surface area contributed by atoms with Gasteiger partial charge in [-0.15, -0.1) is 0 Å². The van der Waals surface area contributed by atoms with Gasteiger partial charge in [0.25, 0.3) is 11.8 Å². The summed E-state index contributed by atoms with van der Waals surface area (Å²) in [5, 5.41) is 0.402. The van der Waals surface area contributed by atoms with E-state index >= 15 is 0 Å². The van der Waals surface area contributed by atoms with Crippen LogP contribution in [0, 0.1) is 6.92 Å². The second-order valence-corrected chi connectivity index (χ2v) is 5.74. The first-order chi connectivity index (χ1) is 12.0. The topological polar surface area (TPSA) is 76.7 Å². The summed E-state index contributed by atoms with van der Waals surface area (Å²) in [6.45, 7) is 3.26. The Balaban J connectivity index is 1.74. The van der Waals surface area contributed by atoms with E-state index in [1.54, 1.807) is 43.3 Å². The molecule has 6 nitrogen and oxygen atoms in total. The first-order valence-corrected chi connectivity index (χ1v) is 8.03. The maximum Gasteiger partial charge on any atom is 0.279 e. The van der Waals surface area contributed by atoms with Crippen LogP contribution in [-0.2, 0) is 9.59 Å². The molecule has 1 unspecified atom stereocenters. The quantitative estimate of drug-likeness (QED) is 0.774. The number of hydrazine groups is 1. The number of carbonyl (C=O) groups excluding carboxylic acids is 2. The van der Waals surface area contributed by atoms with Crippen molar-refractivity contribution in [1.29, 1.82) is 0 Å². The molecule has 0 aliphatic carbocycles. The van der Waals surface area contributed by atoms with Crippen LogP contribution in [0.25, 0.3) is 0 Å². The van der Waals surface area contributed by atoms with E-state index in [9.17, 15) is 9.59 Å². The Kier molecular flexibility index (Phi) is 6.65. The predicted octanol–water partition coefficient (Wildman–Crippen LogP) is 2.64.